The van der Waals surface area contributed by atoms with Crippen LogP contribution in [0.15, 0.2) is 53.4 Å². The minimum atomic E-state index is -0.0569. The molecule has 2 aromatic rings. The Hall–Kier alpha value is -1.01. The lowest BCUT2D eigenvalue weighted by Crippen LogP contribution is -2.13. The fourth-order valence-electron chi connectivity index (χ4n) is 1.70. The maximum absolute atomic E-state index is 12.3. The summed E-state index contributed by atoms with van der Waals surface area (Å²) in [5, 5.41) is 2.94. The predicted octanol–water partition coefficient (Wildman–Crippen LogP) is 4.66. The van der Waals surface area contributed by atoms with Gasteiger partial charge in [0.2, 0.25) is 0 Å². The Morgan fingerprint density at radius 3 is 2.74 bits per heavy atom. The van der Waals surface area contributed by atoms with Crippen molar-refractivity contribution in [1.82, 2.24) is 0 Å². The molecule has 0 atom stereocenters. The smallest absolute Gasteiger partial charge is 0.256 e. The topological polar surface area (TPSA) is 29.1 Å². The number of benzene rings is 2. The van der Waals surface area contributed by atoms with Gasteiger partial charge < -0.3 is 5.32 Å². The number of nitrogens with one attached hydrogen (secondary N) is 1. The molecule has 1 amide bonds. The average Bonchev–Trinajstić information content (AvgIpc) is 2.39. The molecule has 0 spiro atoms. The van der Waals surface area contributed by atoms with Crippen LogP contribution in [0.5, 0.6) is 0 Å². The number of halogens is 1. The Bertz CT molecular complexity index is 586. The van der Waals surface area contributed by atoms with E-state index >= 15 is 0 Å². The van der Waals surface area contributed by atoms with Gasteiger partial charge in [-0.05, 0) is 58.7 Å². The van der Waals surface area contributed by atoms with Crippen molar-refractivity contribution in [3.63, 3.8) is 0 Å². The van der Waals surface area contributed by atoms with Crippen LogP contribution in [-0.2, 0) is 0 Å². The molecule has 0 radical (unpaired) electrons. The molecule has 0 aliphatic carbocycles. The van der Waals surface area contributed by atoms with E-state index in [9.17, 15) is 4.79 Å². The normalized spacial score (nSPS) is 10.2. The number of anilines is 1. The predicted molar refractivity (Wildman–Crippen MR) is 90.0 cm³/mol. The summed E-state index contributed by atoms with van der Waals surface area (Å²) in [7, 11) is 0. The number of carbonyl (C=O) groups is 1. The van der Waals surface area contributed by atoms with Crippen molar-refractivity contribution in [3.05, 3.63) is 57.7 Å². The van der Waals surface area contributed by atoms with Gasteiger partial charge in [-0.15, -0.1) is 11.8 Å². The average molecular weight is 383 g/mol. The second-order valence-electron chi connectivity index (χ2n) is 3.89. The molecule has 2 nitrogen and oxygen atoms in total. The minimum Gasteiger partial charge on any atom is -0.322 e. The fraction of sp³-hybridized carbons (Fsp3) is 0.133. The number of carbonyl (C=O) groups excluding carboxylic acids is 1. The summed E-state index contributed by atoms with van der Waals surface area (Å²) in [5.74, 6) is 0.895. The van der Waals surface area contributed by atoms with Crippen LogP contribution in [0.25, 0.3) is 0 Å². The van der Waals surface area contributed by atoms with E-state index in [0.29, 0.717) is 0 Å². The van der Waals surface area contributed by atoms with Crippen LogP contribution >= 0.6 is 34.4 Å². The molecule has 0 saturated heterocycles. The molecule has 0 aliphatic heterocycles. The summed E-state index contributed by atoms with van der Waals surface area (Å²) in [6.45, 7) is 2.08. The SMILES string of the molecule is CCSc1ccccc1C(=O)Nc1cccc(I)c1. The van der Waals surface area contributed by atoms with Gasteiger partial charge in [0.1, 0.15) is 0 Å². The Morgan fingerprint density at radius 1 is 1.21 bits per heavy atom. The summed E-state index contributed by atoms with van der Waals surface area (Å²) >= 11 is 3.91. The minimum absolute atomic E-state index is 0.0569. The largest absolute Gasteiger partial charge is 0.322 e. The quantitative estimate of drug-likeness (QED) is 0.615. The highest BCUT2D eigenvalue weighted by molar-refractivity contribution is 14.1. The van der Waals surface area contributed by atoms with Crippen molar-refractivity contribution in [2.45, 2.75) is 11.8 Å². The lowest BCUT2D eigenvalue weighted by atomic mass is 10.2. The number of hydrogen-bond donors (Lipinski definition) is 1. The first-order valence-corrected chi connectivity index (χ1v) is 8.06. The number of thioether (sulfide) groups is 1. The summed E-state index contributed by atoms with van der Waals surface area (Å²) in [4.78, 5) is 13.3. The second kappa shape index (κ2) is 6.96. The van der Waals surface area contributed by atoms with Crippen molar-refractivity contribution < 1.29 is 4.79 Å². The Kier molecular flexibility index (Phi) is 5.27. The van der Waals surface area contributed by atoms with E-state index in [0.717, 1.165) is 25.5 Å². The van der Waals surface area contributed by atoms with E-state index in [1.807, 2.05) is 48.5 Å². The van der Waals surface area contributed by atoms with E-state index in [4.69, 9.17) is 0 Å². The zero-order valence-electron chi connectivity index (χ0n) is 10.5. The van der Waals surface area contributed by atoms with E-state index < -0.39 is 0 Å². The molecule has 2 rings (SSSR count). The van der Waals surface area contributed by atoms with Crippen LogP contribution < -0.4 is 5.32 Å². The molecule has 0 unspecified atom stereocenters. The maximum Gasteiger partial charge on any atom is 0.256 e. The number of rotatable bonds is 4. The van der Waals surface area contributed by atoms with E-state index in [-0.39, 0.29) is 5.91 Å². The van der Waals surface area contributed by atoms with Crippen molar-refractivity contribution in [3.8, 4) is 0 Å². The molecule has 1 N–H and O–H groups in total. The molecule has 2 aromatic carbocycles. The standard InChI is InChI=1S/C15H14INOS/c1-2-19-14-9-4-3-8-13(14)15(18)17-12-7-5-6-11(16)10-12/h3-10H,2H2,1H3,(H,17,18). The summed E-state index contributed by atoms with van der Waals surface area (Å²) in [6, 6.07) is 15.5. The van der Waals surface area contributed by atoms with Gasteiger partial charge >= 0.3 is 0 Å². The van der Waals surface area contributed by atoms with E-state index in [2.05, 4.69) is 34.8 Å². The highest BCUT2D eigenvalue weighted by Crippen LogP contribution is 2.23. The van der Waals surface area contributed by atoms with Crippen molar-refractivity contribution >= 4 is 45.9 Å². The number of amides is 1. The first-order valence-electron chi connectivity index (χ1n) is 5.99. The Morgan fingerprint density at radius 2 is 2.00 bits per heavy atom. The molecule has 0 fully saturated rings. The summed E-state index contributed by atoms with van der Waals surface area (Å²) in [6.07, 6.45) is 0. The lowest BCUT2D eigenvalue weighted by Gasteiger charge is -2.09. The molecule has 0 heterocycles. The van der Waals surface area contributed by atoms with Gasteiger partial charge in [0.15, 0.2) is 0 Å². The lowest BCUT2D eigenvalue weighted by molar-refractivity contribution is 0.102. The molecule has 98 valence electrons. The van der Waals surface area contributed by atoms with Gasteiger partial charge in [-0.3, -0.25) is 4.79 Å². The first-order chi connectivity index (χ1) is 9.20. The van der Waals surface area contributed by atoms with Gasteiger partial charge in [0.25, 0.3) is 5.91 Å². The summed E-state index contributed by atoms with van der Waals surface area (Å²) in [5.41, 5.74) is 1.56. The van der Waals surface area contributed by atoms with Crippen LogP contribution in [-0.4, -0.2) is 11.7 Å². The van der Waals surface area contributed by atoms with Crippen LogP contribution in [0.2, 0.25) is 0 Å². The third-order valence-corrected chi connectivity index (χ3v) is 4.14. The van der Waals surface area contributed by atoms with Crippen LogP contribution in [0.1, 0.15) is 17.3 Å². The first kappa shape index (κ1) is 14.4. The van der Waals surface area contributed by atoms with E-state index in [1.54, 1.807) is 11.8 Å². The Labute approximate surface area is 131 Å². The van der Waals surface area contributed by atoms with Crippen molar-refractivity contribution in [2.75, 3.05) is 11.1 Å². The van der Waals surface area contributed by atoms with Gasteiger partial charge in [-0.2, -0.15) is 0 Å². The van der Waals surface area contributed by atoms with Crippen molar-refractivity contribution in [1.29, 1.82) is 0 Å². The maximum atomic E-state index is 12.3. The molecular weight excluding hydrogens is 369 g/mol. The fourth-order valence-corrected chi connectivity index (χ4v) is 3.05. The third kappa shape index (κ3) is 3.98. The third-order valence-electron chi connectivity index (χ3n) is 2.51. The monoisotopic (exact) mass is 383 g/mol. The Balaban J connectivity index is 2.20. The molecule has 0 saturated carbocycles. The van der Waals surface area contributed by atoms with Gasteiger partial charge in [-0.25, -0.2) is 0 Å². The highest BCUT2D eigenvalue weighted by atomic mass is 127. The van der Waals surface area contributed by atoms with Gasteiger partial charge in [0, 0.05) is 14.2 Å². The van der Waals surface area contributed by atoms with Crippen LogP contribution in [0, 0.1) is 3.57 Å². The van der Waals surface area contributed by atoms with Gasteiger partial charge in [0.05, 0.1) is 5.56 Å². The molecule has 4 heteroatoms. The highest BCUT2D eigenvalue weighted by Gasteiger charge is 2.11. The zero-order chi connectivity index (χ0) is 13.7. The van der Waals surface area contributed by atoms with Crippen LogP contribution in [0.4, 0.5) is 5.69 Å². The summed E-state index contributed by atoms with van der Waals surface area (Å²) < 4.78 is 1.10. The molecule has 19 heavy (non-hydrogen) atoms. The van der Waals surface area contributed by atoms with Crippen LogP contribution in [0.3, 0.4) is 0 Å². The van der Waals surface area contributed by atoms with Gasteiger partial charge in [-0.1, -0.05) is 25.1 Å². The van der Waals surface area contributed by atoms with Crippen molar-refractivity contribution in [2.24, 2.45) is 0 Å². The molecule has 0 aliphatic rings. The molecular formula is C15H14INOS. The second-order valence-corrected chi connectivity index (χ2v) is 6.45. The molecule has 0 aromatic heterocycles. The molecule has 0 bridgehead atoms. The zero-order valence-corrected chi connectivity index (χ0v) is 13.5. The number of hydrogen-bond acceptors (Lipinski definition) is 2. The van der Waals surface area contributed by atoms with E-state index in [1.165, 1.54) is 0 Å².